The van der Waals surface area contributed by atoms with E-state index in [1.54, 1.807) is 6.26 Å². The molecule has 1 spiro atoms. The van der Waals surface area contributed by atoms with Crippen molar-refractivity contribution in [2.75, 3.05) is 39.3 Å². The minimum absolute atomic E-state index is 0.00200. The summed E-state index contributed by atoms with van der Waals surface area (Å²) in [5, 5.41) is 0. The number of nitrogens with zero attached hydrogens (tertiary/aromatic N) is 2. The average molecular weight is 332 g/mol. The SMILES string of the molecule is Cc1ccoc1C(=O)N1CC2(CCC(CN3CCCCC3)CO2)C1. The lowest BCUT2D eigenvalue weighted by atomic mass is 9.82. The number of furan rings is 1. The number of carbonyl (C=O) groups is 1. The predicted octanol–water partition coefficient (Wildman–Crippen LogP) is 2.70. The van der Waals surface area contributed by atoms with Gasteiger partial charge < -0.3 is 19.0 Å². The number of likely N-dealkylation sites (tertiary alicyclic amines) is 2. The summed E-state index contributed by atoms with van der Waals surface area (Å²) in [5.41, 5.74) is 0.821. The normalized spacial score (nSPS) is 27.2. The molecule has 3 fully saturated rings. The van der Waals surface area contributed by atoms with E-state index in [0.717, 1.165) is 18.6 Å². The smallest absolute Gasteiger partial charge is 0.290 e. The van der Waals surface area contributed by atoms with Gasteiger partial charge in [-0.15, -0.1) is 0 Å². The van der Waals surface area contributed by atoms with Crippen molar-refractivity contribution < 1.29 is 13.9 Å². The quantitative estimate of drug-likeness (QED) is 0.854. The topological polar surface area (TPSA) is 45.9 Å². The van der Waals surface area contributed by atoms with Crippen molar-refractivity contribution in [1.29, 1.82) is 0 Å². The third-order valence-corrected chi connectivity index (χ3v) is 5.90. The Kier molecular flexibility index (Phi) is 4.39. The molecule has 1 unspecified atom stereocenters. The molecule has 5 heteroatoms. The molecule has 4 heterocycles. The van der Waals surface area contributed by atoms with Crippen LogP contribution in [0.4, 0.5) is 0 Å². The number of hydrogen-bond acceptors (Lipinski definition) is 4. The molecule has 1 aromatic rings. The molecule has 5 nitrogen and oxygen atoms in total. The van der Waals surface area contributed by atoms with E-state index in [9.17, 15) is 4.79 Å². The average Bonchev–Trinajstić information content (AvgIpc) is 3.00. The van der Waals surface area contributed by atoms with Gasteiger partial charge in [0.25, 0.3) is 5.91 Å². The van der Waals surface area contributed by atoms with Crippen molar-refractivity contribution in [1.82, 2.24) is 9.80 Å². The lowest BCUT2D eigenvalue weighted by molar-refractivity contribution is -0.169. The van der Waals surface area contributed by atoms with Crippen LogP contribution in [-0.2, 0) is 4.74 Å². The summed E-state index contributed by atoms with van der Waals surface area (Å²) in [4.78, 5) is 16.9. The molecule has 3 aliphatic heterocycles. The molecule has 0 saturated carbocycles. The molecule has 1 amide bonds. The first-order valence-electron chi connectivity index (χ1n) is 9.35. The maximum atomic E-state index is 12.4. The van der Waals surface area contributed by atoms with E-state index in [-0.39, 0.29) is 11.5 Å². The monoisotopic (exact) mass is 332 g/mol. The van der Waals surface area contributed by atoms with E-state index in [0.29, 0.717) is 24.8 Å². The zero-order chi connectivity index (χ0) is 16.6. The molecule has 0 aromatic carbocycles. The summed E-state index contributed by atoms with van der Waals surface area (Å²) < 4.78 is 11.6. The second kappa shape index (κ2) is 6.52. The number of aryl methyl sites for hydroxylation is 1. The number of carbonyl (C=O) groups excluding carboxylic acids is 1. The lowest BCUT2D eigenvalue weighted by Gasteiger charge is -2.52. The van der Waals surface area contributed by atoms with Crippen LogP contribution in [0.5, 0.6) is 0 Å². The van der Waals surface area contributed by atoms with E-state index in [2.05, 4.69) is 4.90 Å². The molecule has 0 radical (unpaired) electrons. The Morgan fingerprint density at radius 1 is 1.29 bits per heavy atom. The Labute approximate surface area is 143 Å². The largest absolute Gasteiger partial charge is 0.459 e. The first-order chi connectivity index (χ1) is 11.7. The highest BCUT2D eigenvalue weighted by atomic mass is 16.5. The van der Waals surface area contributed by atoms with Gasteiger partial charge in [-0.3, -0.25) is 4.79 Å². The summed E-state index contributed by atoms with van der Waals surface area (Å²) in [5.74, 6) is 1.14. The first-order valence-corrected chi connectivity index (χ1v) is 9.35. The van der Waals surface area contributed by atoms with Crippen molar-refractivity contribution in [2.45, 2.75) is 44.6 Å². The summed E-state index contributed by atoms with van der Waals surface area (Å²) in [6.45, 7) is 7.88. The predicted molar refractivity (Wildman–Crippen MR) is 91.0 cm³/mol. The van der Waals surface area contributed by atoms with Gasteiger partial charge in [0.15, 0.2) is 5.76 Å². The molecule has 0 aliphatic carbocycles. The van der Waals surface area contributed by atoms with Crippen molar-refractivity contribution >= 4 is 5.91 Å². The molecular weight excluding hydrogens is 304 g/mol. The van der Waals surface area contributed by atoms with Crippen molar-refractivity contribution in [3.63, 3.8) is 0 Å². The molecule has 24 heavy (non-hydrogen) atoms. The molecule has 0 N–H and O–H groups in total. The minimum atomic E-state index is -0.0887. The van der Waals surface area contributed by atoms with Gasteiger partial charge in [-0.25, -0.2) is 0 Å². The number of ether oxygens (including phenoxy) is 1. The van der Waals surface area contributed by atoms with Gasteiger partial charge >= 0.3 is 0 Å². The molecule has 3 saturated heterocycles. The number of amides is 1. The van der Waals surface area contributed by atoms with Gasteiger partial charge in [0.1, 0.15) is 5.60 Å². The van der Waals surface area contributed by atoms with Crippen molar-refractivity contribution in [2.24, 2.45) is 5.92 Å². The van der Waals surface area contributed by atoms with Crippen LogP contribution >= 0.6 is 0 Å². The zero-order valence-corrected chi connectivity index (χ0v) is 14.6. The summed E-state index contributed by atoms with van der Waals surface area (Å²) in [6.07, 6.45) is 7.96. The number of rotatable bonds is 3. The highest BCUT2D eigenvalue weighted by Gasteiger charge is 2.49. The standard InChI is InChI=1S/C19H28N2O3/c1-15-6-10-23-17(15)18(22)21-13-19(14-21)7-5-16(12-24-19)11-20-8-3-2-4-9-20/h6,10,16H,2-5,7-9,11-14H2,1H3. The van der Waals surface area contributed by atoms with Crippen LogP contribution in [0.25, 0.3) is 0 Å². The van der Waals surface area contributed by atoms with Gasteiger partial charge in [-0.1, -0.05) is 6.42 Å². The van der Waals surface area contributed by atoms with Crippen LogP contribution in [0.2, 0.25) is 0 Å². The zero-order valence-electron chi connectivity index (χ0n) is 14.6. The maximum Gasteiger partial charge on any atom is 0.290 e. The van der Waals surface area contributed by atoms with Crippen molar-refractivity contribution in [3.8, 4) is 0 Å². The van der Waals surface area contributed by atoms with Gasteiger partial charge in [-0.2, -0.15) is 0 Å². The van der Waals surface area contributed by atoms with Gasteiger partial charge in [-0.05, 0) is 57.7 Å². The van der Waals surface area contributed by atoms with E-state index >= 15 is 0 Å². The van der Waals surface area contributed by atoms with E-state index < -0.39 is 0 Å². The lowest BCUT2D eigenvalue weighted by Crippen LogP contribution is -2.66. The molecular formula is C19H28N2O3. The minimum Gasteiger partial charge on any atom is -0.459 e. The van der Waals surface area contributed by atoms with Crippen molar-refractivity contribution in [3.05, 3.63) is 23.7 Å². The Balaban J connectivity index is 1.25. The third-order valence-electron chi connectivity index (χ3n) is 5.90. The highest BCUT2D eigenvalue weighted by Crippen LogP contribution is 2.37. The fourth-order valence-corrected chi connectivity index (χ4v) is 4.35. The van der Waals surface area contributed by atoms with Gasteiger partial charge in [0.05, 0.1) is 26.0 Å². The van der Waals surface area contributed by atoms with Crippen LogP contribution in [-0.4, -0.2) is 60.6 Å². The fraction of sp³-hybridized carbons (Fsp3) is 0.737. The molecule has 1 atom stereocenters. The molecule has 1 aromatic heterocycles. The Morgan fingerprint density at radius 2 is 2.08 bits per heavy atom. The summed E-state index contributed by atoms with van der Waals surface area (Å²) in [7, 11) is 0. The summed E-state index contributed by atoms with van der Waals surface area (Å²) >= 11 is 0. The second-order valence-corrected chi connectivity index (χ2v) is 7.85. The number of piperidine rings is 1. The van der Waals surface area contributed by atoms with Crippen LogP contribution < -0.4 is 0 Å². The maximum absolute atomic E-state index is 12.4. The second-order valence-electron chi connectivity index (χ2n) is 7.85. The molecule has 3 aliphatic rings. The molecule has 4 rings (SSSR count). The molecule has 132 valence electrons. The Bertz CT molecular complexity index is 575. The summed E-state index contributed by atoms with van der Waals surface area (Å²) in [6, 6.07) is 1.84. The third kappa shape index (κ3) is 3.11. The van der Waals surface area contributed by atoms with Crippen LogP contribution in [0.15, 0.2) is 16.7 Å². The Hall–Kier alpha value is -1.33. The highest BCUT2D eigenvalue weighted by molar-refractivity contribution is 5.93. The van der Waals surface area contributed by atoms with Crippen LogP contribution in [0, 0.1) is 12.8 Å². The number of hydrogen-bond donors (Lipinski definition) is 0. The fourth-order valence-electron chi connectivity index (χ4n) is 4.35. The van der Waals surface area contributed by atoms with Gasteiger partial charge in [0, 0.05) is 12.1 Å². The first kappa shape index (κ1) is 16.2. The Morgan fingerprint density at radius 3 is 2.71 bits per heavy atom. The van der Waals surface area contributed by atoms with E-state index in [4.69, 9.17) is 9.15 Å². The van der Waals surface area contributed by atoms with Gasteiger partial charge in [0.2, 0.25) is 0 Å². The van der Waals surface area contributed by atoms with E-state index in [1.165, 1.54) is 45.3 Å². The van der Waals surface area contributed by atoms with Crippen LogP contribution in [0.3, 0.4) is 0 Å². The van der Waals surface area contributed by atoms with Crippen LogP contribution in [0.1, 0.15) is 48.2 Å². The molecule has 0 bridgehead atoms. The van der Waals surface area contributed by atoms with E-state index in [1.807, 2.05) is 17.9 Å².